The van der Waals surface area contributed by atoms with Crippen molar-refractivity contribution in [3.8, 4) is 0 Å². The molecule has 0 aliphatic rings. The molecule has 0 spiro atoms. The van der Waals surface area contributed by atoms with E-state index < -0.39 is 11.9 Å². The molecule has 21 heavy (non-hydrogen) atoms. The summed E-state index contributed by atoms with van der Waals surface area (Å²) >= 11 is 0. The van der Waals surface area contributed by atoms with Gasteiger partial charge in [0.2, 0.25) is 0 Å². The van der Waals surface area contributed by atoms with Gasteiger partial charge < -0.3 is 18.9 Å². The Morgan fingerprint density at radius 2 is 0.762 bits per heavy atom. The van der Waals surface area contributed by atoms with Crippen LogP contribution in [0.15, 0.2) is 0 Å². The summed E-state index contributed by atoms with van der Waals surface area (Å²) in [5, 5.41) is 0. The third-order valence-electron chi connectivity index (χ3n) is 2.21. The van der Waals surface area contributed by atoms with Gasteiger partial charge in [0, 0.05) is 12.8 Å². The standard InChI is InChI=1S/C7H12O4.C6H10O4/c1-10-6(8)4-3-5-7(9)11-2;1-9-5(7)3-4-6(8)10-2/h3-5H2,1-2H3;3-4H2,1-2H3. The Bertz CT molecular complexity index is 305. The summed E-state index contributed by atoms with van der Waals surface area (Å²) in [5.74, 6) is -1.39. The van der Waals surface area contributed by atoms with E-state index in [-0.39, 0.29) is 37.6 Å². The highest BCUT2D eigenvalue weighted by molar-refractivity contribution is 5.77. The van der Waals surface area contributed by atoms with Crippen LogP contribution in [0.25, 0.3) is 0 Å². The molecule has 0 radical (unpaired) electrons. The Labute approximate surface area is 123 Å². The van der Waals surface area contributed by atoms with Crippen LogP contribution >= 0.6 is 0 Å². The SMILES string of the molecule is COC(=O)CCC(=O)OC.COC(=O)CCCC(=O)OC. The van der Waals surface area contributed by atoms with Crippen LogP contribution in [0.5, 0.6) is 0 Å². The Morgan fingerprint density at radius 3 is 1.00 bits per heavy atom. The van der Waals surface area contributed by atoms with E-state index in [0.29, 0.717) is 6.42 Å². The number of hydrogen-bond donors (Lipinski definition) is 0. The van der Waals surface area contributed by atoms with E-state index in [1.807, 2.05) is 0 Å². The lowest BCUT2D eigenvalue weighted by Gasteiger charge is -1.97. The van der Waals surface area contributed by atoms with E-state index in [2.05, 4.69) is 18.9 Å². The lowest BCUT2D eigenvalue weighted by Crippen LogP contribution is -2.06. The highest BCUT2D eigenvalue weighted by Gasteiger charge is 2.05. The van der Waals surface area contributed by atoms with Crippen LogP contribution < -0.4 is 0 Å². The number of rotatable bonds is 7. The van der Waals surface area contributed by atoms with Crippen molar-refractivity contribution < 1.29 is 38.1 Å². The minimum absolute atomic E-state index is 0.0865. The number of ether oxygens (including phenoxy) is 4. The maximum absolute atomic E-state index is 10.5. The molecule has 0 saturated carbocycles. The fourth-order valence-electron chi connectivity index (χ4n) is 0.989. The molecule has 0 rings (SSSR count). The van der Waals surface area contributed by atoms with E-state index in [9.17, 15) is 19.2 Å². The molecular weight excluding hydrogens is 284 g/mol. The van der Waals surface area contributed by atoms with E-state index in [0.717, 1.165) is 0 Å². The lowest BCUT2D eigenvalue weighted by atomic mass is 10.2. The zero-order valence-electron chi connectivity index (χ0n) is 12.8. The molecule has 0 atom stereocenters. The monoisotopic (exact) mass is 306 g/mol. The summed E-state index contributed by atoms with van der Waals surface area (Å²) in [6.45, 7) is 0. The van der Waals surface area contributed by atoms with Gasteiger partial charge >= 0.3 is 23.9 Å². The summed E-state index contributed by atoms with van der Waals surface area (Å²) in [6, 6.07) is 0. The van der Waals surface area contributed by atoms with Crippen LogP contribution in [-0.2, 0) is 38.1 Å². The molecule has 0 aromatic carbocycles. The van der Waals surface area contributed by atoms with Crippen LogP contribution in [0.2, 0.25) is 0 Å². The van der Waals surface area contributed by atoms with Gasteiger partial charge in [-0.3, -0.25) is 19.2 Å². The van der Waals surface area contributed by atoms with Crippen molar-refractivity contribution in [2.75, 3.05) is 28.4 Å². The lowest BCUT2D eigenvalue weighted by molar-refractivity contribution is -0.147. The Morgan fingerprint density at radius 1 is 0.524 bits per heavy atom. The molecule has 0 unspecified atom stereocenters. The molecule has 0 bridgehead atoms. The average molecular weight is 306 g/mol. The molecule has 0 aliphatic carbocycles. The first-order valence-corrected chi connectivity index (χ1v) is 6.18. The fraction of sp³-hybridized carbons (Fsp3) is 0.692. The molecule has 122 valence electrons. The summed E-state index contributed by atoms with van der Waals surface area (Å²) in [7, 11) is 5.19. The third-order valence-corrected chi connectivity index (χ3v) is 2.21. The van der Waals surface area contributed by atoms with Crippen LogP contribution in [0.3, 0.4) is 0 Å². The average Bonchev–Trinajstić information content (AvgIpc) is 2.51. The zero-order valence-corrected chi connectivity index (χ0v) is 12.8. The molecule has 0 saturated heterocycles. The first-order valence-electron chi connectivity index (χ1n) is 6.18. The smallest absolute Gasteiger partial charge is 0.306 e. The van der Waals surface area contributed by atoms with Crippen LogP contribution in [0.4, 0.5) is 0 Å². The Balaban J connectivity index is 0. The maximum Gasteiger partial charge on any atom is 0.306 e. The maximum atomic E-state index is 10.5. The van der Waals surface area contributed by atoms with Crippen molar-refractivity contribution in [2.45, 2.75) is 32.1 Å². The normalized spacial score (nSPS) is 8.76. The van der Waals surface area contributed by atoms with E-state index in [1.165, 1.54) is 28.4 Å². The molecule has 0 heterocycles. The van der Waals surface area contributed by atoms with Gasteiger partial charge in [-0.15, -0.1) is 0 Å². The molecular formula is C13H22O8. The van der Waals surface area contributed by atoms with Gasteiger partial charge in [0.25, 0.3) is 0 Å². The first kappa shape index (κ1) is 21.2. The second-order valence-corrected chi connectivity index (χ2v) is 3.66. The van der Waals surface area contributed by atoms with Gasteiger partial charge in [-0.25, -0.2) is 0 Å². The molecule has 0 amide bonds. The number of methoxy groups -OCH3 is 4. The van der Waals surface area contributed by atoms with Gasteiger partial charge in [-0.05, 0) is 6.42 Å². The summed E-state index contributed by atoms with van der Waals surface area (Å²) in [4.78, 5) is 41.8. The van der Waals surface area contributed by atoms with Gasteiger partial charge in [0.15, 0.2) is 0 Å². The summed E-state index contributed by atoms with van der Waals surface area (Å²) < 4.78 is 17.3. The summed E-state index contributed by atoms with van der Waals surface area (Å²) in [5.41, 5.74) is 0. The molecule has 0 fully saturated rings. The number of carbonyl (C=O) groups is 4. The van der Waals surface area contributed by atoms with Crippen molar-refractivity contribution in [3.05, 3.63) is 0 Å². The van der Waals surface area contributed by atoms with E-state index in [4.69, 9.17) is 0 Å². The highest BCUT2D eigenvalue weighted by Crippen LogP contribution is 1.97. The number of esters is 4. The molecule has 8 nitrogen and oxygen atoms in total. The second-order valence-electron chi connectivity index (χ2n) is 3.66. The minimum atomic E-state index is -0.398. The molecule has 0 aromatic rings. The van der Waals surface area contributed by atoms with Crippen LogP contribution in [0, 0.1) is 0 Å². The van der Waals surface area contributed by atoms with Gasteiger partial charge in [-0.1, -0.05) is 0 Å². The second kappa shape index (κ2) is 14.3. The number of carbonyl (C=O) groups excluding carboxylic acids is 4. The molecule has 8 heteroatoms. The van der Waals surface area contributed by atoms with Crippen molar-refractivity contribution in [1.29, 1.82) is 0 Å². The Hall–Kier alpha value is -2.12. The van der Waals surface area contributed by atoms with Gasteiger partial charge in [0.1, 0.15) is 0 Å². The topological polar surface area (TPSA) is 105 Å². The Kier molecular flexibility index (Phi) is 14.4. The predicted octanol–water partition coefficient (Wildman–Crippen LogP) is 0.615. The van der Waals surface area contributed by atoms with E-state index in [1.54, 1.807) is 0 Å². The third kappa shape index (κ3) is 15.8. The van der Waals surface area contributed by atoms with Crippen molar-refractivity contribution in [2.24, 2.45) is 0 Å². The highest BCUT2D eigenvalue weighted by atomic mass is 16.5. The molecule has 0 aliphatic heterocycles. The number of hydrogen-bond acceptors (Lipinski definition) is 8. The van der Waals surface area contributed by atoms with Crippen LogP contribution in [0.1, 0.15) is 32.1 Å². The zero-order chi connectivity index (χ0) is 16.7. The van der Waals surface area contributed by atoms with Crippen LogP contribution in [-0.4, -0.2) is 52.3 Å². The minimum Gasteiger partial charge on any atom is -0.469 e. The van der Waals surface area contributed by atoms with E-state index >= 15 is 0 Å². The molecule has 0 N–H and O–H groups in total. The fourth-order valence-corrected chi connectivity index (χ4v) is 0.989. The molecule has 0 aromatic heterocycles. The van der Waals surface area contributed by atoms with Gasteiger partial charge in [-0.2, -0.15) is 0 Å². The first-order chi connectivity index (χ1) is 9.90. The summed E-state index contributed by atoms with van der Waals surface area (Å²) in [6.07, 6.45) is 1.20. The largest absolute Gasteiger partial charge is 0.469 e. The van der Waals surface area contributed by atoms with Crippen molar-refractivity contribution >= 4 is 23.9 Å². The van der Waals surface area contributed by atoms with Crippen molar-refractivity contribution in [1.82, 2.24) is 0 Å². The predicted molar refractivity (Wildman–Crippen MR) is 71.1 cm³/mol. The van der Waals surface area contributed by atoms with Crippen molar-refractivity contribution in [3.63, 3.8) is 0 Å². The quantitative estimate of drug-likeness (QED) is 0.498. The van der Waals surface area contributed by atoms with Gasteiger partial charge in [0.05, 0.1) is 41.3 Å².